The van der Waals surface area contributed by atoms with Crippen molar-refractivity contribution in [2.24, 2.45) is 5.92 Å². The van der Waals surface area contributed by atoms with Gasteiger partial charge in [0.15, 0.2) is 5.13 Å². The number of piperidine rings is 1. The van der Waals surface area contributed by atoms with Gasteiger partial charge in [0.05, 0.1) is 24.4 Å². The maximum absolute atomic E-state index is 12.5. The molecule has 1 saturated heterocycles. The molecule has 0 saturated carbocycles. The van der Waals surface area contributed by atoms with E-state index < -0.39 is 10.0 Å². The second-order valence-corrected chi connectivity index (χ2v) is 9.65. The van der Waals surface area contributed by atoms with Gasteiger partial charge in [0.2, 0.25) is 21.8 Å². The van der Waals surface area contributed by atoms with Crippen molar-refractivity contribution in [1.82, 2.24) is 15.6 Å². The maximum atomic E-state index is 12.5. The van der Waals surface area contributed by atoms with Crippen molar-refractivity contribution in [1.29, 1.82) is 0 Å². The predicted molar refractivity (Wildman–Crippen MR) is 104 cm³/mol. The third-order valence-electron chi connectivity index (χ3n) is 4.77. The maximum Gasteiger partial charge on any atom is 0.231 e. The van der Waals surface area contributed by atoms with Crippen LogP contribution >= 0.6 is 11.3 Å². The number of aromatic nitrogens is 1. The number of hydrogen-bond donors (Lipinski definition) is 3. The van der Waals surface area contributed by atoms with Crippen molar-refractivity contribution in [2.75, 3.05) is 11.0 Å². The monoisotopic (exact) mass is 412 g/mol. The van der Waals surface area contributed by atoms with Gasteiger partial charge in [0.1, 0.15) is 0 Å². The molecule has 0 radical (unpaired) electrons. The number of nitrogens with one attached hydrogen (secondary N) is 3. The average molecular weight is 413 g/mol. The first-order chi connectivity index (χ1) is 12.8. The van der Waals surface area contributed by atoms with Crippen LogP contribution in [0.3, 0.4) is 0 Å². The highest BCUT2D eigenvalue weighted by molar-refractivity contribution is 7.92. The third-order valence-corrected chi connectivity index (χ3v) is 6.27. The second-order valence-electron chi connectivity index (χ2n) is 7.05. The largest absolute Gasteiger partial charge is 0.351 e. The first-order valence-electron chi connectivity index (χ1n) is 8.96. The predicted octanol–water partition coefficient (Wildman–Crippen LogP) is 1.18. The summed E-state index contributed by atoms with van der Waals surface area (Å²) in [6, 6.07) is -0.156. The number of amides is 2. The van der Waals surface area contributed by atoms with Gasteiger partial charge >= 0.3 is 0 Å². The van der Waals surface area contributed by atoms with Crippen molar-refractivity contribution in [3.05, 3.63) is 23.2 Å². The highest BCUT2D eigenvalue weighted by atomic mass is 32.2. The zero-order valence-electron chi connectivity index (χ0n) is 15.1. The summed E-state index contributed by atoms with van der Waals surface area (Å²) in [7, 11) is -3.39. The molecule has 1 aromatic rings. The van der Waals surface area contributed by atoms with E-state index in [0.29, 0.717) is 24.5 Å². The fraction of sp³-hybridized carbons (Fsp3) is 0.588. The quantitative estimate of drug-likeness (QED) is 0.607. The lowest BCUT2D eigenvalue weighted by atomic mass is 9.81. The number of thiazole rings is 1. The lowest BCUT2D eigenvalue weighted by Crippen LogP contribution is -2.58. The highest BCUT2D eigenvalue weighted by Gasteiger charge is 2.35. The van der Waals surface area contributed by atoms with Gasteiger partial charge in [-0.25, -0.2) is 13.4 Å². The van der Waals surface area contributed by atoms with Crippen molar-refractivity contribution < 1.29 is 18.0 Å². The molecular formula is C17H24N4O4S2. The van der Waals surface area contributed by atoms with Crippen molar-refractivity contribution in [3.8, 4) is 0 Å². The molecule has 1 aliphatic carbocycles. The smallest absolute Gasteiger partial charge is 0.231 e. The summed E-state index contributed by atoms with van der Waals surface area (Å²) in [6.07, 6.45) is 9.35. The summed E-state index contributed by atoms with van der Waals surface area (Å²) in [5, 5.41) is 8.01. The van der Waals surface area contributed by atoms with E-state index in [4.69, 9.17) is 0 Å². The number of rotatable bonds is 6. The molecule has 0 bridgehead atoms. The van der Waals surface area contributed by atoms with Crippen LogP contribution < -0.4 is 15.4 Å². The van der Waals surface area contributed by atoms with Crippen LogP contribution in [-0.2, 0) is 26.0 Å². The minimum absolute atomic E-state index is 0.0380. The Morgan fingerprint density at radius 1 is 1.37 bits per heavy atom. The van der Waals surface area contributed by atoms with E-state index in [2.05, 4.69) is 32.5 Å². The Bertz CT molecular complexity index is 834. The molecule has 2 aliphatic rings. The number of nitrogens with zero attached hydrogens (tertiary/aromatic N) is 1. The SMILES string of the molecule is CS(=O)(=O)Nc1nc(CC(=O)N[C@@H]2CCC(=O)N[C@H]2C2CC=CCC2)cs1. The normalized spacial score (nSPS) is 25.7. The van der Waals surface area contributed by atoms with Gasteiger partial charge in [0.25, 0.3) is 0 Å². The van der Waals surface area contributed by atoms with E-state index in [1.54, 1.807) is 5.38 Å². The summed E-state index contributed by atoms with van der Waals surface area (Å²) in [4.78, 5) is 28.5. The summed E-state index contributed by atoms with van der Waals surface area (Å²) < 4.78 is 24.8. The molecular weight excluding hydrogens is 388 g/mol. The summed E-state index contributed by atoms with van der Waals surface area (Å²) in [6.45, 7) is 0. The second kappa shape index (κ2) is 8.39. The van der Waals surface area contributed by atoms with Crippen LogP contribution in [0.15, 0.2) is 17.5 Å². The van der Waals surface area contributed by atoms with Gasteiger partial charge in [-0.1, -0.05) is 12.2 Å². The van der Waals surface area contributed by atoms with E-state index >= 15 is 0 Å². The molecule has 10 heteroatoms. The molecule has 3 rings (SSSR count). The molecule has 0 spiro atoms. The van der Waals surface area contributed by atoms with Gasteiger partial charge < -0.3 is 10.6 Å². The summed E-state index contributed by atoms with van der Waals surface area (Å²) >= 11 is 1.14. The van der Waals surface area contributed by atoms with Crippen molar-refractivity contribution in [3.63, 3.8) is 0 Å². The molecule has 0 aromatic carbocycles. The fourth-order valence-corrected chi connectivity index (χ4v) is 5.16. The lowest BCUT2D eigenvalue weighted by molar-refractivity contribution is -0.127. The molecule has 1 aromatic heterocycles. The molecule has 1 aliphatic heterocycles. The van der Waals surface area contributed by atoms with Gasteiger partial charge in [-0.05, 0) is 31.6 Å². The summed E-state index contributed by atoms with van der Waals surface area (Å²) in [5.74, 6) is 0.189. The van der Waals surface area contributed by atoms with E-state index in [1.807, 2.05) is 0 Å². The van der Waals surface area contributed by atoms with Gasteiger partial charge in [-0.2, -0.15) is 0 Å². The third kappa shape index (κ3) is 5.77. The Balaban J connectivity index is 1.60. The Kier molecular flexibility index (Phi) is 6.15. The molecule has 2 amide bonds. The zero-order chi connectivity index (χ0) is 19.4. The Morgan fingerprint density at radius 3 is 2.89 bits per heavy atom. The molecule has 1 fully saturated rings. The van der Waals surface area contributed by atoms with Crippen LogP contribution in [0.25, 0.3) is 0 Å². The Labute approximate surface area is 162 Å². The number of carbonyl (C=O) groups excluding carboxylic acids is 2. The van der Waals surface area contributed by atoms with Crippen LogP contribution in [0.4, 0.5) is 5.13 Å². The van der Waals surface area contributed by atoms with Crippen LogP contribution in [-0.4, -0.2) is 43.6 Å². The highest BCUT2D eigenvalue weighted by Crippen LogP contribution is 2.27. The van der Waals surface area contributed by atoms with Crippen molar-refractivity contribution >= 4 is 38.3 Å². The number of allylic oxidation sites excluding steroid dienone is 2. The first kappa shape index (κ1) is 19.8. The molecule has 148 valence electrons. The number of anilines is 1. The van der Waals surface area contributed by atoms with Gasteiger partial charge in [-0.15, -0.1) is 11.3 Å². The fourth-order valence-electron chi connectivity index (χ4n) is 3.59. The summed E-state index contributed by atoms with van der Waals surface area (Å²) in [5.41, 5.74) is 0.514. The standard InChI is InChI=1S/C17H24N4O4S2/c1-27(24,25)21-17-18-12(10-26-17)9-15(23)19-13-7-8-14(22)20-16(13)11-5-3-2-4-6-11/h2-3,10-11,13,16H,4-9H2,1H3,(H,18,21)(H,19,23)(H,20,22)/t11?,13-,16+/m1/s1. The van der Waals surface area contributed by atoms with Gasteiger partial charge in [-0.3, -0.25) is 14.3 Å². The number of sulfonamides is 1. The van der Waals surface area contributed by atoms with E-state index in [9.17, 15) is 18.0 Å². The topological polar surface area (TPSA) is 117 Å². The average Bonchev–Trinajstić information content (AvgIpc) is 3.02. The van der Waals surface area contributed by atoms with E-state index in [0.717, 1.165) is 36.9 Å². The molecule has 8 nitrogen and oxygen atoms in total. The number of hydrogen-bond acceptors (Lipinski definition) is 6. The van der Waals surface area contributed by atoms with Crippen LogP contribution in [0.2, 0.25) is 0 Å². The van der Waals surface area contributed by atoms with E-state index in [-0.39, 0.29) is 35.5 Å². The molecule has 1 unspecified atom stereocenters. The van der Waals surface area contributed by atoms with E-state index in [1.165, 1.54) is 0 Å². The number of carbonyl (C=O) groups is 2. The molecule has 3 N–H and O–H groups in total. The first-order valence-corrected chi connectivity index (χ1v) is 11.7. The van der Waals surface area contributed by atoms with Crippen LogP contribution in [0.5, 0.6) is 0 Å². The minimum atomic E-state index is -3.39. The molecule has 27 heavy (non-hydrogen) atoms. The molecule has 2 heterocycles. The van der Waals surface area contributed by atoms with Crippen LogP contribution in [0.1, 0.15) is 37.8 Å². The molecule has 3 atom stereocenters. The van der Waals surface area contributed by atoms with Crippen LogP contribution in [0, 0.1) is 5.92 Å². The zero-order valence-corrected chi connectivity index (χ0v) is 16.7. The Hall–Kier alpha value is -1.94. The Morgan fingerprint density at radius 2 is 2.19 bits per heavy atom. The lowest BCUT2D eigenvalue weighted by Gasteiger charge is -2.38. The minimum Gasteiger partial charge on any atom is -0.351 e. The van der Waals surface area contributed by atoms with Gasteiger partial charge in [0, 0.05) is 17.8 Å². The van der Waals surface area contributed by atoms with Crippen molar-refractivity contribution in [2.45, 2.75) is 50.6 Å².